The molecule has 1 N–H and O–H groups in total. The third-order valence-corrected chi connectivity index (χ3v) is 21.3. The fourth-order valence-electron chi connectivity index (χ4n) is 7.49. The van der Waals surface area contributed by atoms with E-state index in [4.69, 9.17) is 19.1 Å². The number of anilines is 1. The van der Waals surface area contributed by atoms with E-state index in [1.165, 1.54) is 20.7 Å². The summed E-state index contributed by atoms with van der Waals surface area (Å²) < 4.78 is 13.7. The molecule has 0 fully saturated rings. The average molecular weight is 742 g/mol. The summed E-state index contributed by atoms with van der Waals surface area (Å²) in [4.78, 5) is 14.1. The van der Waals surface area contributed by atoms with Gasteiger partial charge in [0.1, 0.15) is 0 Å². The van der Waals surface area contributed by atoms with Crippen LogP contribution in [0.4, 0.5) is 5.13 Å². The second kappa shape index (κ2) is 15.8. The van der Waals surface area contributed by atoms with Crippen LogP contribution >= 0.6 is 11.3 Å². The zero-order chi connectivity index (χ0) is 36.8. The van der Waals surface area contributed by atoms with Crippen LogP contribution < -0.4 is 25.7 Å². The molecule has 0 aliphatic rings. The lowest BCUT2D eigenvalue weighted by Crippen LogP contribution is -2.70. The van der Waals surface area contributed by atoms with Gasteiger partial charge >= 0.3 is 0 Å². The van der Waals surface area contributed by atoms with Crippen LogP contribution in [0.5, 0.6) is 0 Å². The highest BCUT2D eigenvalue weighted by atomic mass is 32.1. The van der Waals surface area contributed by atoms with Crippen LogP contribution in [0.15, 0.2) is 145 Å². The fourth-order valence-corrected chi connectivity index (χ4v) is 17.9. The molecule has 8 heteroatoms. The molecule has 0 radical (unpaired) electrons. The minimum atomic E-state index is -2.69. The molecule has 0 unspecified atom stereocenters. The second-order valence-electron chi connectivity index (χ2n) is 15.5. The van der Waals surface area contributed by atoms with Gasteiger partial charge in [-0.2, -0.15) is 0 Å². The fraction of sp³-hybridized carbons (Fsp3) is 0.273. The van der Waals surface area contributed by atoms with Crippen molar-refractivity contribution in [3.63, 3.8) is 0 Å². The minimum absolute atomic E-state index is 0.0535. The topological polar surface area (TPSA) is 56.3 Å². The van der Waals surface area contributed by atoms with E-state index in [1.807, 2.05) is 12.3 Å². The number of ether oxygens (including phenoxy) is 1. The monoisotopic (exact) mass is 741 g/mol. The van der Waals surface area contributed by atoms with Crippen LogP contribution in [-0.2, 0) is 15.8 Å². The molecular weight excluding hydrogens is 691 g/mol. The van der Waals surface area contributed by atoms with Crippen molar-refractivity contribution in [3.8, 4) is 11.3 Å². The van der Waals surface area contributed by atoms with E-state index in [0.717, 1.165) is 22.1 Å². The summed E-state index contributed by atoms with van der Waals surface area (Å²) in [6, 6.07) is 47.4. The number of hydrogen-bond acceptors (Lipinski definition) is 6. The number of hydrogen-bond donors (Lipinski definition) is 1. The summed E-state index contributed by atoms with van der Waals surface area (Å²) in [7, 11) is -5.25. The number of rotatable bonds is 13. The molecule has 0 saturated carbocycles. The van der Waals surface area contributed by atoms with Gasteiger partial charge in [0, 0.05) is 17.1 Å². The van der Waals surface area contributed by atoms with Crippen molar-refractivity contribution in [2.75, 3.05) is 11.6 Å². The van der Waals surface area contributed by atoms with Crippen LogP contribution in [0, 0.1) is 0 Å². The molecule has 1 atom stereocenters. The molecule has 52 heavy (non-hydrogen) atoms. The number of benzene rings is 4. The lowest BCUT2D eigenvalue weighted by molar-refractivity contribution is 0.0436. The SMILES string of the molecule is C[C@H](COCc1ncccc1-c1csc(N[Si](c2ccccc2)(c2ccccc2)C(C)(C)C)n1)O[Si](c1ccccc1)(c1ccccc1)C(C)(C)C. The number of aromatic nitrogens is 2. The molecule has 4 aromatic carbocycles. The largest absolute Gasteiger partial charge is 0.402 e. The van der Waals surface area contributed by atoms with Gasteiger partial charge < -0.3 is 14.1 Å². The highest BCUT2D eigenvalue weighted by molar-refractivity contribution is 7.17. The van der Waals surface area contributed by atoms with Gasteiger partial charge in [-0.3, -0.25) is 4.98 Å². The van der Waals surface area contributed by atoms with Crippen molar-refractivity contribution >= 4 is 53.8 Å². The van der Waals surface area contributed by atoms with E-state index in [9.17, 15) is 0 Å². The van der Waals surface area contributed by atoms with Gasteiger partial charge in [0.15, 0.2) is 5.13 Å². The smallest absolute Gasteiger partial charge is 0.261 e. The summed E-state index contributed by atoms with van der Waals surface area (Å²) in [5, 5.41) is 8.07. The standard InChI is InChI=1S/C44H51N3O2SSi2/c1-34(49-52(44(5,6)7,37-25-16-10-17-26-37)38-27-18-11-19-28-38)31-48-32-40-39(29-20-30-45-40)41-33-50-42(46-41)47-51(43(2,3)4,35-21-12-8-13-22-35)36-23-14-9-15-24-36/h8-30,33-34H,31-32H2,1-7H3,(H,46,47)/t34-/m1/s1. The Bertz CT molecular complexity index is 1930. The maximum Gasteiger partial charge on any atom is 0.261 e. The molecule has 268 valence electrons. The Morgan fingerprint density at radius 3 is 1.63 bits per heavy atom. The van der Waals surface area contributed by atoms with Gasteiger partial charge in [-0.05, 0) is 49.9 Å². The van der Waals surface area contributed by atoms with E-state index < -0.39 is 16.6 Å². The molecule has 0 amide bonds. The summed E-state index contributed by atoms with van der Waals surface area (Å²) in [6.07, 6.45) is 1.69. The van der Waals surface area contributed by atoms with Gasteiger partial charge in [0.2, 0.25) is 8.24 Å². The predicted octanol–water partition coefficient (Wildman–Crippen LogP) is 8.66. The van der Waals surface area contributed by atoms with Gasteiger partial charge in [0.05, 0.1) is 30.7 Å². The lowest BCUT2D eigenvalue weighted by Gasteiger charge is -2.44. The quantitative estimate of drug-likeness (QED) is 0.120. The normalized spacial score (nSPS) is 13.1. The molecule has 6 rings (SSSR count). The van der Waals surface area contributed by atoms with Crippen molar-refractivity contribution in [1.29, 1.82) is 0 Å². The zero-order valence-electron chi connectivity index (χ0n) is 31.5. The van der Waals surface area contributed by atoms with Crippen molar-refractivity contribution < 1.29 is 9.16 Å². The molecule has 2 heterocycles. The number of nitrogens with one attached hydrogen (secondary N) is 1. The van der Waals surface area contributed by atoms with Crippen LogP contribution in [0.2, 0.25) is 10.1 Å². The molecule has 0 spiro atoms. The molecular formula is C44H51N3O2SSi2. The van der Waals surface area contributed by atoms with Crippen molar-refractivity contribution in [1.82, 2.24) is 9.97 Å². The molecule has 2 aromatic heterocycles. The first-order valence-electron chi connectivity index (χ1n) is 18.1. The first kappa shape index (κ1) is 37.6. The van der Waals surface area contributed by atoms with Crippen LogP contribution in [0.1, 0.15) is 54.2 Å². The molecule has 6 aromatic rings. The third kappa shape index (κ3) is 7.63. The number of thiazole rings is 1. The summed E-state index contributed by atoms with van der Waals surface area (Å²) in [5.41, 5.74) is 2.74. The summed E-state index contributed by atoms with van der Waals surface area (Å²) >= 11 is 1.65. The van der Waals surface area contributed by atoms with Gasteiger partial charge in [-0.15, -0.1) is 11.3 Å². The van der Waals surface area contributed by atoms with Gasteiger partial charge in [-0.1, -0.05) is 163 Å². The Labute approximate surface area is 316 Å². The highest BCUT2D eigenvalue weighted by Gasteiger charge is 2.51. The van der Waals surface area contributed by atoms with E-state index in [-0.39, 0.29) is 16.2 Å². The van der Waals surface area contributed by atoms with E-state index in [2.05, 4.69) is 186 Å². The Kier molecular flexibility index (Phi) is 11.4. The van der Waals surface area contributed by atoms with Crippen molar-refractivity contribution in [3.05, 3.63) is 151 Å². The Hall–Kier alpha value is -4.19. The van der Waals surface area contributed by atoms with Crippen LogP contribution in [-0.4, -0.2) is 39.2 Å². The highest BCUT2D eigenvalue weighted by Crippen LogP contribution is 2.39. The number of pyridine rings is 1. The van der Waals surface area contributed by atoms with Gasteiger partial charge in [-0.25, -0.2) is 4.98 Å². The maximum absolute atomic E-state index is 7.26. The molecule has 0 saturated heterocycles. The predicted molar refractivity (Wildman–Crippen MR) is 224 cm³/mol. The van der Waals surface area contributed by atoms with E-state index in [0.29, 0.717) is 13.2 Å². The molecule has 5 nitrogen and oxygen atoms in total. The van der Waals surface area contributed by atoms with Crippen molar-refractivity contribution in [2.45, 2.75) is 71.3 Å². The van der Waals surface area contributed by atoms with E-state index in [1.54, 1.807) is 11.3 Å². The molecule has 0 bridgehead atoms. The maximum atomic E-state index is 7.26. The Balaban J connectivity index is 1.23. The summed E-state index contributed by atoms with van der Waals surface area (Å²) in [6.45, 7) is 16.9. The van der Waals surface area contributed by atoms with Crippen molar-refractivity contribution in [2.24, 2.45) is 0 Å². The second-order valence-corrected chi connectivity index (χ2v) is 25.0. The lowest BCUT2D eigenvalue weighted by atomic mass is 10.1. The minimum Gasteiger partial charge on any atom is -0.402 e. The van der Waals surface area contributed by atoms with Crippen LogP contribution in [0.3, 0.4) is 0 Å². The molecule has 0 aliphatic heterocycles. The zero-order valence-corrected chi connectivity index (χ0v) is 34.3. The first-order chi connectivity index (χ1) is 25.0. The Morgan fingerprint density at radius 2 is 1.15 bits per heavy atom. The molecule has 0 aliphatic carbocycles. The van der Waals surface area contributed by atoms with Crippen LogP contribution in [0.25, 0.3) is 11.3 Å². The third-order valence-electron chi connectivity index (χ3n) is 9.89. The summed E-state index contributed by atoms with van der Waals surface area (Å²) in [5.74, 6) is 0. The number of nitrogens with zero attached hydrogens (tertiary/aromatic N) is 2. The average Bonchev–Trinajstić information content (AvgIpc) is 3.62. The van der Waals surface area contributed by atoms with Gasteiger partial charge in [0.25, 0.3) is 8.32 Å². The Morgan fingerprint density at radius 1 is 0.654 bits per heavy atom. The first-order valence-corrected chi connectivity index (χ1v) is 22.9. The van der Waals surface area contributed by atoms with E-state index >= 15 is 0 Å².